The summed E-state index contributed by atoms with van der Waals surface area (Å²) >= 11 is 3.36. The number of hydrogen-bond donors (Lipinski definition) is 1. The quantitative estimate of drug-likeness (QED) is 0.563. The lowest BCUT2D eigenvalue weighted by molar-refractivity contribution is -0.122. The minimum atomic E-state index is -0.799. The number of imide groups is 2. The third-order valence-corrected chi connectivity index (χ3v) is 4.61. The van der Waals surface area contributed by atoms with Gasteiger partial charge in [-0.05, 0) is 70.9 Å². The Morgan fingerprint density at radius 2 is 1.82 bits per heavy atom. The third-order valence-electron chi connectivity index (χ3n) is 3.99. The summed E-state index contributed by atoms with van der Waals surface area (Å²) < 4.78 is 11.2. The fraction of sp³-hybridized carbons (Fsp3) is 0.150. The molecule has 0 saturated carbocycles. The van der Waals surface area contributed by atoms with Crippen molar-refractivity contribution < 1.29 is 23.9 Å². The first-order valence-electron chi connectivity index (χ1n) is 8.42. The van der Waals surface area contributed by atoms with Gasteiger partial charge in [-0.2, -0.15) is 0 Å². The largest absolute Gasteiger partial charge is 0.496 e. The van der Waals surface area contributed by atoms with Crippen LogP contribution in [0.15, 0.2) is 52.5 Å². The molecular weight excluding hydrogens is 428 g/mol. The average Bonchev–Trinajstić information content (AvgIpc) is 2.67. The number of nitrogens with one attached hydrogen (secondary N) is 1. The molecule has 7 nitrogen and oxygen atoms in total. The summed E-state index contributed by atoms with van der Waals surface area (Å²) in [5, 5.41) is 2.20. The first kappa shape index (κ1) is 19.6. The summed E-state index contributed by atoms with van der Waals surface area (Å²) in [4.78, 5) is 38.3. The van der Waals surface area contributed by atoms with Gasteiger partial charge in [-0.3, -0.25) is 14.9 Å². The Labute approximate surface area is 170 Å². The number of nitrogens with zero attached hydrogens (tertiary/aromatic N) is 1. The van der Waals surface area contributed by atoms with Crippen LogP contribution < -0.4 is 19.7 Å². The van der Waals surface area contributed by atoms with Crippen LogP contribution in [-0.2, 0) is 9.59 Å². The highest BCUT2D eigenvalue weighted by molar-refractivity contribution is 9.10. The normalized spacial score (nSPS) is 15.6. The van der Waals surface area contributed by atoms with E-state index in [1.807, 2.05) is 6.92 Å². The highest BCUT2D eigenvalue weighted by Gasteiger charge is 2.36. The van der Waals surface area contributed by atoms with E-state index in [2.05, 4.69) is 21.2 Å². The lowest BCUT2D eigenvalue weighted by Crippen LogP contribution is -2.54. The van der Waals surface area contributed by atoms with E-state index in [0.29, 0.717) is 33.8 Å². The zero-order valence-corrected chi connectivity index (χ0v) is 16.8. The Morgan fingerprint density at radius 1 is 1.11 bits per heavy atom. The molecular formula is C20H17BrN2O5. The Bertz CT molecular complexity index is 969. The number of benzene rings is 2. The molecule has 4 amide bonds. The van der Waals surface area contributed by atoms with Crippen molar-refractivity contribution in [3.8, 4) is 11.5 Å². The molecule has 0 unspecified atom stereocenters. The molecule has 2 aromatic carbocycles. The summed E-state index contributed by atoms with van der Waals surface area (Å²) in [7, 11) is 1.54. The van der Waals surface area contributed by atoms with Crippen molar-refractivity contribution in [3.63, 3.8) is 0 Å². The van der Waals surface area contributed by atoms with Gasteiger partial charge >= 0.3 is 6.03 Å². The average molecular weight is 445 g/mol. The molecule has 0 atom stereocenters. The van der Waals surface area contributed by atoms with Crippen molar-refractivity contribution in [2.75, 3.05) is 18.6 Å². The summed E-state index contributed by atoms with van der Waals surface area (Å²) in [5.74, 6) is -0.215. The number of halogens is 1. The predicted molar refractivity (Wildman–Crippen MR) is 107 cm³/mol. The predicted octanol–water partition coefficient (Wildman–Crippen LogP) is 3.52. The summed E-state index contributed by atoms with van der Waals surface area (Å²) in [5.41, 5.74) is 0.790. The van der Waals surface area contributed by atoms with Crippen molar-refractivity contribution >= 4 is 45.5 Å². The molecule has 1 fully saturated rings. The highest BCUT2D eigenvalue weighted by atomic mass is 79.9. The first-order chi connectivity index (χ1) is 13.4. The maximum atomic E-state index is 12.9. The Balaban J connectivity index is 1.94. The van der Waals surface area contributed by atoms with Crippen LogP contribution in [0.5, 0.6) is 11.5 Å². The zero-order valence-electron chi connectivity index (χ0n) is 15.2. The van der Waals surface area contributed by atoms with E-state index < -0.39 is 17.8 Å². The maximum Gasteiger partial charge on any atom is 0.335 e. The second-order valence-corrected chi connectivity index (χ2v) is 6.63. The van der Waals surface area contributed by atoms with Crippen LogP contribution in [0.1, 0.15) is 12.5 Å². The molecule has 1 saturated heterocycles. The van der Waals surface area contributed by atoms with Crippen LogP contribution in [0, 0.1) is 0 Å². The molecule has 1 aliphatic rings. The SMILES string of the molecule is CCOc1ccc(N2C(=O)NC(=O)/C(=C\c3ccc(OC)c(Br)c3)C2=O)cc1. The van der Waals surface area contributed by atoms with Crippen molar-refractivity contribution in [2.45, 2.75) is 6.92 Å². The standard InChI is InChI=1S/C20H17BrN2O5/c1-3-28-14-7-5-13(6-8-14)23-19(25)15(18(24)22-20(23)26)10-12-4-9-17(27-2)16(21)11-12/h4-11H,3H2,1-2H3,(H,22,24,26)/b15-10+. The second-order valence-electron chi connectivity index (χ2n) is 5.78. The van der Waals surface area contributed by atoms with Gasteiger partial charge in [0.2, 0.25) is 0 Å². The zero-order chi connectivity index (χ0) is 20.3. The van der Waals surface area contributed by atoms with Crippen LogP contribution in [-0.4, -0.2) is 31.6 Å². The fourth-order valence-corrected chi connectivity index (χ4v) is 3.25. The third kappa shape index (κ3) is 3.91. The second kappa shape index (κ2) is 8.26. The van der Waals surface area contributed by atoms with Crippen LogP contribution in [0.2, 0.25) is 0 Å². The van der Waals surface area contributed by atoms with Gasteiger partial charge in [0.1, 0.15) is 17.1 Å². The molecule has 3 rings (SSSR count). The minimum Gasteiger partial charge on any atom is -0.496 e. The van der Waals surface area contributed by atoms with Gasteiger partial charge in [0.15, 0.2) is 0 Å². The minimum absolute atomic E-state index is 0.148. The topological polar surface area (TPSA) is 84.9 Å². The van der Waals surface area contributed by atoms with Gasteiger partial charge < -0.3 is 9.47 Å². The van der Waals surface area contributed by atoms with Gasteiger partial charge in [-0.25, -0.2) is 9.69 Å². The molecule has 0 aromatic heterocycles. The van der Waals surface area contributed by atoms with Gasteiger partial charge in [-0.1, -0.05) is 6.07 Å². The number of carbonyl (C=O) groups is 3. The Morgan fingerprint density at radius 3 is 2.43 bits per heavy atom. The summed E-state index contributed by atoms with van der Waals surface area (Å²) in [6.45, 7) is 2.36. The van der Waals surface area contributed by atoms with E-state index in [1.165, 1.54) is 13.2 Å². The molecule has 0 radical (unpaired) electrons. The van der Waals surface area contributed by atoms with E-state index in [-0.39, 0.29) is 5.57 Å². The van der Waals surface area contributed by atoms with Crippen molar-refractivity contribution in [2.24, 2.45) is 0 Å². The highest BCUT2D eigenvalue weighted by Crippen LogP contribution is 2.28. The number of urea groups is 1. The van der Waals surface area contributed by atoms with Gasteiger partial charge in [0.25, 0.3) is 11.8 Å². The summed E-state index contributed by atoms with van der Waals surface area (Å²) in [6.07, 6.45) is 1.43. The fourth-order valence-electron chi connectivity index (χ4n) is 2.69. The van der Waals surface area contributed by atoms with Gasteiger partial charge in [0, 0.05) is 0 Å². The van der Waals surface area contributed by atoms with Gasteiger partial charge in [-0.15, -0.1) is 0 Å². The van der Waals surface area contributed by atoms with E-state index in [1.54, 1.807) is 42.5 Å². The maximum absolute atomic E-state index is 12.9. The van der Waals surface area contributed by atoms with E-state index in [4.69, 9.17) is 9.47 Å². The lowest BCUT2D eigenvalue weighted by atomic mass is 10.1. The van der Waals surface area contributed by atoms with Crippen molar-refractivity contribution in [3.05, 3.63) is 58.1 Å². The van der Waals surface area contributed by atoms with Crippen molar-refractivity contribution in [1.29, 1.82) is 0 Å². The monoisotopic (exact) mass is 444 g/mol. The molecule has 8 heteroatoms. The molecule has 2 aromatic rings. The number of ether oxygens (including phenoxy) is 2. The number of hydrogen-bond acceptors (Lipinski definition) is 5. The molecule has 1 heterocycles. The number of rotatable bonds is 5. The molecule has 0 aliphatic carbocycles. The molecule has 0 spiro atoms. The molecule has 1 N–H and O–H groups in total. The molecule has 144 valence electrons. The number of carbonyl (C=O) groups excluding carboxylic acids is 3. The van der Waals surface area contributed by atoms with Crippen LogP contribution in [0.3, 0.4) is 0 Å². The van der Waals surface area contributed by atoms with E-state index >= 15 is 0 Å². The van der Waals surface area contributed by atoms with E-state index in [9.17, 15) is 14.4 Å². The van der Waals surface area contributed by atoms with Crippen LogP contribution >= 0.6 is 15.9 Å². The van der Waals surface area contributed by atoms with Crippen LogP contribution in [0.4, 0.5) is 10.5 Å². The van der Waals surface area contributed by atoms with Crippen molar-refractivity contribution in [1.82, 2.24) is 5.32 Å². The number of methoxy groups -OCH3 is 1. The lowest BCUT2D eigenvalue weighted by Gasteiger charge is -2.26. The Hall–Kier alpha value is -3.13. The van der Waals surface area contributed by atoms with E-state index in [0.717, 1.165) is 4.90 Å². The molecule has 0 bridgehead atoms. The number of barbiturate groups is 1. The van der Waals surface area contributed by atoms with Crippen LogP contribution in [0.25, 0.3) is 6.08 Å². The number of amides is 4. The first-order valence-corrected chi connectivity index (χ1v) is 9.21. The number of anilines is 1. The Kier molecular flexibility index (Phi) is 5.79. The molecule has 28 heavy (non-hydrogen) atoms. The summed E-state index contributed by atoms with van der Waals surface area (Å²) in [6, 6.07) is 10.8. The molecule has 1 aliphatic heterocycles. The smallest absolute Gasteiger partial charge is 0.335 e. The van der Waals surface area contributed by atoms with Gasteiger partial charge in [0.05, 0.1) is 23.9 Å².